The van der Waals surface area contributed by atoms with Gasteiger partial charge in [0.1, 0.15) is 17.7 Å². The topological polar surface area (TPSA) is 94.2 Å². The molecule has 8 nitrogen and oxygen atoms in total. The van der Waals surface area contributed by atoms with Gasteiger partial charge in [-0.15, -0.1) is 6.58 Å². The van der Waals surface area contributed by atoms with Crippen molar-refractivity contribution in [2.45, 2.75) is 24.3 Å². The lowest BCUT2D eigenvalue weighted by Gasteiger charge is -2.26. The molecule has 1 amide bonds. The summed E-state index contributed by atoms with van der Waals surface area (Å²) in [6, 6.07) is 9.54. The second-order valence-electron chi connectivity index (χ2n) is 7.31. The highest BCUT2D eigenvalue weighted by Crippen LogP contribution is 2.33. The number of rotatable bonds is 10. The summed E-state index contributed by atoms with van der Waals surface area (Å²) < 4.78 is 57.2. The maximum atomic E-state index is 13.2. The number of benzene rings is 2. The first-order chi connectivity index (χ1) is 15.8. The van der Waals surface area contributed by atoms with Crippen LogP contribution in [-0.4, -0.2) is 57.6 Å². The van der Waals surface area contributed by atoms with E-state index in [1.54, 1.807) is 13.0 Å². The number of hydrogen-bond donors (Lipinski definition) is 1. The van der Waals surface area contributed by atoms with E-state index in [9.17, 15) is 17.6 Å². The predicted molar refractivity (Wildman–Crippen MR) is 121 cm³/mol. The third-order valence-electron chi connectivity index (χ3n) is 4.92. The van der Waals surface area contributed by atoms with Gasteiger partial charge in [-0.1, -0.05) is 6.08 Å². The van der Waals surface area contributed by atoms with E-state index >= 15 is 0 Å². The smallest absolute Gasteiger partial charge is 0.253 e. The molecule has 33 heavy (non-hydrogen) atoms. The largest absolute Gasteiger partial charge is 0.455 e. The first-order valence-electron chi connectivity index (χ1n) is 10.5. The van der Waals surface area contributed by atoms with Crippen molar-refractivity contribution in [1.29, 1.82) is 0 Å². The highest BCUT2D eigenvalue weighted by molar-refractivity contribution is 7.89. The van der Waals surface area contributed by atoms with Gasteiger partial charge >= 0.3 is 0 Å². The zero-order valence-corrected chi connectivity index (χ0v) is 19.1. The SMILES string of the molecule is C=CCCOC(C)C(=O)Nc1cc(S(=O)(=O)N2CCOCC2)ccc1Oc1ccc(F)cc1. The summed E-state index contributed by atoms with van der Waals surface area (Å²) in [6.07, 6.45) is 1.48. The number of halogens is 1. The Balaban J connectivity index is 1.89. The number of amides is 1. The molecular formula is C23H27FN2O6S. The molecule has 0 bridgehead atoms. The van der Waals surface area contributed by atoms with Crippen LogP contribution in [0.3, 0.4) is 0 Å². The van der Waals surface area contributed by atoms with Crippen LogP contribution in [0.1, 0.15) is 13.3 Å². The van der Waals surface area contributed by atoms with E-state index in [1.807, 2.05) is 0 Å². The van der Waals surface area contributed by atoms with E-state index in [-0.39, 0.29) is 29.4 Å². The van der Waals surface area contributed by atoms with Gasteiger partial charge in [0.15, 0.2) is 5.75 Å². The summed E-state index contributed by atoms with van der Waals surface area (Å²) >= 11 is 0. The second-order valence-corrected chi connectivity index (χ2v) is 9.25. The van der Waals surface area contributed by atoms with Crippen LogP contribution in [-0.2, 0) is 24.3 Å². The van der Waals surface area contributed by atoms with Crippen LogP contribution < -0.4 is 10.1 Å². The molecule has 1 fully saturated rings. The van der Waals surface area contributed by atoms with Crippen LogP contribution in [0.4, 0.5) is 10.1 Å². The second kappa shape index (κ2) is 11.4. The van der Waals surface area contributed by atoms with E-state index in [4.69, 9.17) is 14.2 Å². The molecule has 2 aromatic rings. The van der Waals surface area contributed by atoms with Gasteiger partial charge < -0.3 is 19.5 Å². The van der Waals surface area contributed by atoms with Crippen molar-refractivity contribution in [2.24, 2.45) is 0 Å². The molecule has 1 aliphatic heterocycles. The van der Waals surface area contributed by atoms with Gasteiger partial charge in [-0.25, -0.2) is 12.8 Å². The van der Waals surface area contributed by atoms with Crippen molar-refractivity contribution in [1.82, 2.24) is 4.31 Å². The maximum Gasteiger partial charge on any atom is 0.253 e. The van der Waals surface area contributed by atoms with Crippen LogP contribution in [0.25, 0.3) is 0 Å². The van der Waals surface area contributed by atoms with Crippen molar-refractivity contribution in [3.05, 3.63) is 60.9 Å². The highest BCUT2D eigenvalue weighted by atomic mass is 32.2. The Morgan fingerprint density at radius 1 is 1.24 bits per heavy atom. The Hall–Kier alpha value is -2.79. The summed E-state index contributed by atoms with van der Waals surface area (Å²) in [6.45, 7) is 6.63. The molecule has 1 aliphatic rings. The molecule has 10 heteroatoms. The van der Waals surface area contributed by atoms with Crippen LogP contribution in [0.15, 0.2) is 60.0 Å². The number of carbonyl (C=O) groups excluding carboxylic acids is 1. The molecule has 0 aliphatic carbocycles. The Labute approximate surface area is 193 Å². The van der Waals surface area contributed by atoms with E-state index in [0.717, 1.165) is 0 Å². The molecule has 1 atom stereocenters. The zero-order chi connectivity index (χ0) is 23.8. The molecule has 0 saturated carbocycles. The molecule has 0 spiro atoms. The zero-order valence-electron chi connectivity index (χ0n) is 18.3. The van der Waals surface area contributed by atoms with Crippen molar-refractivity contribution < 1.29 is 31.8 Å². The quantitative estimate of drug-likeness (QED) is 0.415. The van der Waals surface area contributed by atoms with Crippen LogP contribution in [0.2, 0.25) is 0 Å². The number of morpholine rings is 1. The number of carbonyl (C=O) groups is 1. The van der Waals surface area contributed by atoms with Gasteiger partial charge in [0.2, 0.25) is 10.0 Å². The number of nitrogens with zero attached hydrogens (tertiary/aromatic N) is 1. The van der Waals surface area contributed by atoms with Crippen LogP contribution in [0, 0.1) is 5.82 Å². The molecule has 1 saturated heterocycles. The summed E-state index contributed by atoms with van der Waals surface area (Å²) in [5.74, 6) is -0.364. The molecule has 1 N–H and O–H groups in total. The first kappa shape index (κ1) is 24.8. The Kier molecular flexibility index (Phi) is 8.56. The minimum Gasteiger partial charge on any atom is -0.455 e. The minimum absolute atomic E-state index is 0.00591. The fourth-order valence-electron chi connectivity index (χ4n) is 3.06. The number of nitrogens with one attached hydrogen (secondary N) is 1. The van der Waals surface area contributed by atoms with Crippen LogP contribution in [0.5, 0.6) is 11.5 Å². The van der Waals surface area contributed by atoms with E-state index in [1.165, 1.54) is 46.8 Å². The summed E-state index contributed by atoms with van der Waals surface area (Å²) in [5.41, 5.74) is 0.151. The molecule has 1 unspecified atom stereocenters. The Bertz CT molecular complexity index is 1070. The van der Waals surface area contributed by atoms with Crippen LogP contribution >= 0.6 is 0 Å². The normalized spacial score (nSPS) is 15.6. The molecule has 1 heterocycles. The molecule has 3 rings (SSSR count). The third-order valence-corrected chi connectivity index (χ3v) is 6.81. The minimum atomic E-state index is -3.80. The summed E-state index contributed by atoms with van der Waals surface area (Å²) in [4.78, 5) is 12.7. The Morgan fingerprint density at radius 3 is 2.61 bits per heavy atom. The monoisotopic (exact) mass is 478 g/mol. The predicted octanol–water partition coefficient (Wildman–Crippen LogP) is 3.56. The first-order valence-corrected chi connectivity index (χ1v) is 11.9. The lowest BCUT2D eigenvalue weighted by atomic mass is 10.2. The lowest BCUT2D eigenvalue weighted by molar-refractivity contribution is -0.126. The maximum absolute atomic E-state index is 13.2. The molecule has 0 aromatic heterocycles. The number of sulfonamides is 1. The van der Waals surface area contributed by atoms with Crippen molar-refractivity contribution in [3.8, 4) is 11.5 Å². The standard InChI is InChI=1S/C23H27FN2O6S/c1-3-4-13-31-17(2)23(27)25-21-16-20(33(28,29)26-11-14-30-15-12-26)9-10-22(21)32-19-7-5-18(24)6-8-19/h3,5-10,16-17H,1,4,11-15H2,2H3,(H,25,27). The van der Waals surface area contributed by atoms with Gasteiger partial charge in [-0.2, -0.15) is 4.31 Å². The molecule has 0 radical (unpaired) electrons. The Morgan fingerprint density at radius 2 is 1.94 bits per heavy atom. The average molecular weight is 479 g/mol. The van der Waals surface area contributed by atoms with E-state index < -0.39 is 27.9 Å². The van der Waals surface area contributed by atoms with E-state index in [2.05, 4.69) is 11.9 Å². The van der Waals surface area contributed by atoms with Gasteiger partial charge in [0, 0.05) is 13.1 Å². The average Bonchev–Trinajstić information content (AvgIpc) is 2.82. The summed E-state index contributed by atoms with van der Waals surface area (Å²) in [5, 5.41) is 2.69. The lowest BCUT2D eigenvalue weighted by Crippen LogP contribution is -2.40. The van der Waals surface area contributed by atoms with Gasteiger partial charge in [-0.3, -0.25) is 4.79 Å². The number of anilines is 1. The van der Waals surface area contributed by atoms with Crippen molar-refractivity contribution in [3.63, 3.8) is 0 Å². The molecule has 178 valence electrons. The van der Waals surface area contributed by atoms with Gasteiger partial charge in [-0.05, 0) is 55.8 Å². The molecule has 2 aromatic carbocycles. The van der Waals surface area contributed by atoms with Gasteiger partial charge in [0.25, 0.3) is 5.91 Å². The third kappa shape index (κ3) is 6.61. The van der Waals surface area contributed by atoms with Crippen molar-refractivity contribution in [2.75, 3.05) is 38.2 Å². The fourth-order valence-corrected chi connectivity index (χ4v) is 4.49. The van der Waals surface area contributed by atoms with Crippen molar-refractivity contribution >= 4 is 21.6 Å². The number of ether oxygens (including phenoxy) is 3. The molecular weight excluding hydrogens is 451 g/mol. The summed E-state index contributed by atoms with van der Waals surface area (Å²) in [7, 11) is -3.80. The number of hydrogen-bond acceptors (Lipinski definition) is 6. The van der Waals surface area contributed by atoms with Gasteiger partial charge in [0.05, 0.1) is 30.4 Å². The highest BCUT2D eigenvalue weighted by Gasteiger charge is 2.28. The van der Waals surface area contributed by atoms with E-state index in [0.29, 0.717) is 32.0 Å². The fraction of sp³-hybridized carbons (Fsp3) is 0.348.